The Hall–Kier alpha value is -3.27. The Balaban J connectivity index is 1.55. The van der Waals surface area contributed by atoms with Crippen molar-refractivity contribution < 1.29 is 19.4 Å². The largest absolute Gasteiger partial charge is 0.497 e. The van der Waals surface area contributed by atoms with Crippen molar-refractivity contribution in [2.45, 2.75) is 58.0 Å². The van der Waals surface area contributed by atoms with Crippen LogP contribution in [0, 0.1) is 5.92 Å². The van der Waals surface area contributed by atoms with E-state index in [2.05, 4.69) is 51.1 Å². The lowest BCUT2D eigenvalue weighted by atomic mass is 9.81. The van der Waals surface area contributed by atoms with E-state index in [1.54, 1.807) is 7.11 Å². The normalized spacial score (nSPS) is 14.5. The molecular formula is C30H34O4. The molecule has 0 unspecified atom stereocenters. The number of carboxylic acid groups (broad SMARTS) is 1. The second-order valence-corrected chi connectivity index (χ2v) is 10.3. The first kappa shape index (κ1) is 23.9. The third kappa shape index (κ3) is 5.80. The van der Waals surface area contributed by atoms with Gasteiger partial charge in [0.2, 0.25) is 0 Å². The Morgan fingerprint density at radius 1 is 1.00 bits per heavy atom. The van der Waals surface area contributed by atoms with Crippen LogP contribution in [0.1, 0.15) is 62.6 Å². The molecule has 178 valence electrons. The summed E-state index contributed by atoms with van der Waals surface area (Å²) in [4.78, 5) is 11.4. The van der Waals surface area contributed by atoms with Crippen molar-refractivity contribution in [2.24, 2.45) is 5.92 Å². The lowest BCUT2D eigenvalue weighted by Crippen LogP contribution is -2.14. The fourth-order valence-electron chi connectivity index (χ4n) is 4.59. The average Bonchev–Trinajstić information content (AvgIpc) is 3.66. The molecule has 3 aromatic rings. The highest BCUT2D eigenvalue weighted by atomic mass is 16.5. The van der Waals surface area contributed by atoms with Crippen LogP contribution < -0.4 is 9.47 Å². The van der Waals surface area contributed by atoms with Crippen LogP contribution in [0.15, 0.2) is 66.7 Å². The smallest absolute Gasteiger partial charge is 0.303 e. The van der Waals surface area contributed by atoms with E-state index < -0.39 is 5.97 Å². The van der Waals surface area contributed by atoms with E-state index in [0.717, 1.165) is 41.0 Å². The van der Waals surface area contributed by atoms with Crippen molar-refractivity contribution in [3.05, 3.63) is 83.4 Å². The highest BCUT2D eigenvalue weighted by Crippen LogP contribution is 2.45. The highest BCUT2D eigenvalue weighted by molar-refractivity contribution is 5.70. The molecule has 0 radical (unpaired) electrons. The Morgan fingerprint density at radius 2 is 1.74 bits per heavy atom. The van der Waals surface area contributed by atoms with Crippen molar-refractivity contribution in [2.75, 3.05) is 7.11 Å². The number of benzene rings is 3. The molecule has 3 aromatic carbocycles. The van der Waals surface area contributed by atoms with Gasteiger partial charge in [-0.15, -0.1) is 0 Å². The van der Waals surface area contributed by atoms with Crippen molar-refractivity contribution in [1.82, 2.24) is 0 Å². The molecule has 0 aromatic heterocycles. The number of carboxylic acids is 1. The highest BCUT2D eigenvalue weighted by Gasteiger charge is 2.33. The van der Waals surface area contributed by atoms with Crippen molar-refractivity contribution in [3.63, 3.8) is 0 Å². The zero-order valence-electron chi connectivity index (χ0n) is 20.5. The van der Waals surface area contributed by atoms with Gasteiger partial charge in [-0.3, -0.25) is 4.79 Å². The van der Waals surface area contributed by atoms with Crippen LogP contribution in [0.3, 0.4) is 0 Å². The molecule has 1 N–H and O–H groups in total. The van der Waals surface area contributed by atoms with Gasteiger partial charge in [0.05, 0.1) is 13.5 Å². The Labute approximate surface area is 202 Å². The van der Waals surface area contributed by atoms with Crippen LogP contribution in [0.2, 0.25) is 0 Å². The standard InChI is InChI=1S/C30H34O4/c1-30(2,3)28-15-20(11-14-26(28)22-7-5-9-24(16-22)33-4)19-34-25-10-6-8-23(17-25)27(18-29(31)32)21-12-13-21/h5-11,14-17,21,27H,12-13,18-19H2,1-4H3,(H,31,32)/t27-/m0/s1. The topological polar surface area (TPSA) is 55.8 Å². The number of methoxy groups -OCH3 is 1. The Kier molecular flexibility index (Phi) is 6.97. The van der Waals surface area contributed by atoms with Crippen LogP contribution >= 0.6 is 0 Å². The Bertz CT molecular complexity index is 1150. The molecule has 0 amide bonds. The average molecular weight is 459 g/mol. The number of rotatable bonds is 9. The molecule has 0 saturated heterocycles. The zero-order chi connectivity index (χ0) is 24.3. The minimum atomic E-state index is -0.742. The first-order valence-corrected chi connectivity index (χ1v) is 12.0. The molecule has 0 bridgehead atoms. The predicted molar refractivity (Wildman–Crippen MR) is 136 cm³/mol. The van der Waals surface area contributed by atoms with Gasteiger partial charge in [0, 0.05) is 0 Å². The van der Waals surface area contributed by atoms with Gasteiger partial charge in [-0.2, -0.15) is 0 Å². The molecule has 0 spiro atoms. The van der Waals surface area contributed by atoms with Crippen molar-refractivity contribution >= 4 is 5.97 Å². The van der Waals surface area contributed by atoms with Gasteiger partial charge in [-0.05, 0) is 82.2 Å². The van der Waals surface area contributed by atoms with Gasteiger partial charge >= 0.3 is 5.97 Å². The van der Waals surface area contributed by atoms with Crippen LogP contribution in [-0.2, 0) is 16.8 Å². The second kappa shape index (κ2) is 9.92. The maximum Gasteiger partial charge on any atom is 0.303 e. The number of hydrogen-bond donors (Lipinski definition) is 1. The summed E-state index contributed by atoms with van der Waals surface area (Å²) in [7, 11) is 1.69. The van der Waals surface area contributed by atoms with E-state index in [0.29, 0.717) is 12.5 Å². The maximum atomic E-state index is 11.4. The summed E-state index contributed by atoms with van der Waals surface area (Å²) in [6.07, 6.45) is 2.39. The van der Waals surface area contributed by atoms with Crippen LogP contribution in [0.25, 0.3) is 11.1 Å². The molecule has 1 aliphatic rings. The molecule has 1 aliphatic carbocycles. The minimum Gasteiger partial charge on any atom is -0.497 e. The molecule has 4 heteroatoms. The van der Waals surface area contributed by atoms with E-state index in [1.807, 2.05) is 36.4 Å². The summed E-state index contributed by atoms with van der Waals surface area (Å²) in [6.45, 7) is 7.12. The summed E-state index contributed by atoms with van der Waals surface area (Å²) in [5.74, 6) is 1.43. The summed E-state index contributed by atoms with van der Waals surface area (Å²) >= 11 is 0. The molecule has 34 heavy (non-hydrogen) atoms. The monoisotopic (exact) mass is 458 g/mol. The van der Waals surface area contributed by atoms with Crippen molar-refractivity contribution in [1.29, 1.82) is 0 Å². The molecule has 0 aliphatic heterocycles. The number of hydrogen-bond acceptors (Lipinski definition) is 3. The van der Waals surface area contributed by atoms with E-state index in [9.17, 15) is 9.90 Å². The lowest BCUT2D eigenvalue weighted by molar-refractivity contribution is -0.137. The summed E-state index contributed by atoms with van der Waals surface area (Å²) in [5.41, 5.74) is 5.71. The molecular weight excluding hydrogens is 424 g/mol. The molecule has 1 atom stereocenters. The third-order valence-corrected chi connectivity index (χ3v) is 6.55. The molecule has 4 rings (SSSR count). The van der Waals surface area contributed by atoms with Gasteiger partial charge in [-0.25, -0.2) is 0 Å². The fraction of sp³-hybridized carbons (Fsp3) is 0.367. The van der Waals surface area contributed by atoms with Crippen LogP contribution in [0.4, 0.5) is 0 Å². The predicted octanol–water partition coefficient (Wildman–Crippen LogP) is 7.21. The van der Waals surface area contributed by atoms with Crippen LogP contribution in [0.5, 0.6) is 11.5 Å². The first-order chi connectivity index (χ1) is 16.2. The van der Waals surface area contributed by atoms with Gasteiger partial charge < -0.3 is 14.6 Å². The SMILES string of the molecule is COc1cccc(-c2ccc(COc3cccc([C@@H](CC(=O)O)C4CC4)c3)cc2C(C)(C)C)c1. The quantitative estimate of drug-likeness (QED) is 0.368. The molecule has 4 nitrogen and oxygen atoms in total. The summed E-state index contributed by atoms with van der Waals surface area (Å²) < 4.78 is 11.6. The number of aliphatic carboxylic acids is 1. The molecule has 0 heterocycles. The van der Waals surface area contributed by atoms with Gasteiger partial charge in [-0.1, -0.05) is 63.2 Å². The number of ether oxygens (including phenoxy) is 2. The van der Waals surface area contributed by atoms with Gasteiger partial charge in [0.15, 0.2) is 0 Å². The fourth-order valence-corrected chi connectivity index (χ4v) is 4.59. The third-order valence-electron chi connectivity index (χ3n) is 6.55. The second-order valence-electron chi connectivity index (χ2n) is 10.3. The van der Waals surface area contributed by atoms with E-state index in [4.69, 9.17) is 9.47 Å². The van der Waals surface area contributed by atoms with Crippen LogP contribution in [-0.4, -0.2) is 18.2 Å². The molecule has 1 saturated carbocycles. The van der Waals surface area contributed by atoms with Gasteiger partial charge in [0.25, 0.3) is 0 Å². The maximum absolute atomic E-state index is 11.4. The van der Waals surface area contributed by atoms with E-state index in [1.165, 1.54) is 11.1 Å². The minimum absolute atomic E-state index is 0.0390. The molecule has 1 fully saturated rings. The lowest BCUT2D eigenvalue weighted by Gasteiger charge is -2.24. The zero-order valence-corrected chi connectivity index (χ0v) is 20.5. The first-order valence-electron chi connectivity index (χ1n) is 12.0. The van der Waals surface area contributed by atoms with Crippen molar-refractivity contribution in [3.8, 4) is 22.6 Å². The Morgan fingerprint density at radius 3 is 2.41 bits per heavy atom. The van der Waals surface area contributed by atoms with E-state index in [-0.39, 0.29) is 17.8 Å². The summed E-state index contributed by atoms with van der Waals surface area (Å²) in [6, 6.07) is 22.6. The van der Waals surface area contributed by atoms with Gasteiger partial charge in [0.1, 0.15) is 18.1 Å². The summed E-state index contributed by atoms with van der Waals surface area (Å²) in [5, 5.41) is 9.33. The number of carbonyl (C=O) groups is 1. The van der Waals surface area contributed by atoms with E-state index >= 15 is 0 Å².